The van der Waals surface area contributed by atoms with Crippen molar-refractivity contribution in [2.75, 3.05) is 19.7 Å². The Labute approximate surface area is 104 Å². The number of benzene rings is 1. The fraction of sp³-hybridized carbons (Fsp3) is 0.571. The molecular weight excluding hydrogens is 212 g/mol. The minimum absolute atomic E-state index is 0.481. The van der Waals surface area contributed by atoms with Gasteiger partial charge in [-0.25, -0.2) is 0 Å². The van der Waals surface area contributed by atoms with E-state index in [9.17, 15) is 0 Å². The lowest BCUT2D eigenvalue weighted by Crippen LogP contribution is -2.41. The van der Waals surface area contributed by atoms with E-state index in [1.54, 1.807) is 0 Å². The number of ether oxygens (including phenoxy) is 1. The Morgan fingerprint density at radius 3 is 3.00 bits per heavy atom. The van der Waals surface area contributed by atoms with Crippen molar-refractivity contribution < 1.29 is 4.74 Å². The molecule has 0 saturated carbocycles. The second kappa shape index (κ2) is 6.03. The Morgan fingerprint density at radius 2 is 2.24 bits per heavy atom. The van der Waals surface area contributed by atoms with Crippen LogP contribution in [0.25, 0.3) is 0 Å². The fourth-order valence-electron chi connectivity index (χ4n) is 2.44. The molecule has 3 nitrogen and oxygen atoms in total. The SMILES string of the molecule is CCCC(CN)N1CCOc2ccccc2C1. The Morgan fingerprint density at radius 1 is 1.41 bits per heavy atom. The molecule has 1 aliphatic rings. The smallest absolute Gasteiger partial charge is 0.123 e. The zero-order valence-corrected chi connectivity index (χ0v) is 10.6. The van der Waals surface area contributed by atoms with Gasteiger partial charge in [0.15, 0.2) is 0 Å². The van der Waals surface area contributed by atoms with Crippen LogP contribution in [-0.2, 0) is 6.54 Å². The molecule has 1 unspecified atom stereocenters. The number of fused-ring (bicyclic) bond motifs is 1. The first-order chi connectivity index (χ1) is 8.35. The maximum Gasteiger partial charge on any atom is 0.123 e. The quantitative estimate of drug-likeness (QED) is 0.866. The average Bonchev–Trinajstić information content (AvgIpc) is 2.57. The van der Waals surface area contributed by atoms with Gasteiger partial charge in [-0.15, -0.1) is 0 Å². The molecular formula is C14H22N2O. The van der Waals surface area contributed by atoms with Gasteiger partial charge in [0.1, 0.15) is 12.4 Å². The lowest BCUT2D eigenvalue weighted by atomic mass is 10.1. The van der Waals surface area contributed by atoms with Crippen molar-refractivity contribution in [1.82, 2.24) is 4.90 Å². The number of rotatable bonds is 4. The molecule has 0 fully saturated rings. The number of nitrogens with two attached hydrogens (primary N) is 1. The molecule has 1 heterocycles. The third kappa shape index (κ3) is 2.99. The average molecular weight is 234 g/mol. The van der Waals surface area contributed by atoms with Gasteiger partial charge in [0.2, 0.25) is 0 Å². The largest absolute Gasteiger partial charge is 0.492 e. The summed E-state index contributed by atoms with van der Waals surface area (Å²) in [4.78, 5) is 2.45. The fourth-order valence-corrected chi connectivity index (χ4v) is 2.44. The van der Waals surface area contributed by atoms with E-state index in [4.69, 9.17) is 10.5 Å². The summed E-state index contributed by atoms with van der Waals surface area (Å²) in [5, 5.41) is 0. The highest BCUT2D eigenvalue weighted by molar-refractivity contribution is 5.33. The number of nitrogens with zero attached hydrogens (tertiary/aromatic N) is 1. The van der Waals surface area contributed by atoms with Crippen molar-refractivity contribution >= 4 is 0 Å². The highest BCUT2D eigenvalue weighted by Crippen LogP contribution is 2.24. The Kier molecular flexibility index (Phi) is 4.40. The minimum Gasteiger partial charge on any atom is -0.492 e. The number of hydrogen-bond donors (Lipinski definition) is 1. The summed E-state index contributed by atoms with van der Waals surface area (Å²) in [6, 6.07) is 8.78. The van der Waals surface area contributed by atoms with Crippen molar-refractivity contribution in [1.29, 1.82) is 0 Å². The second-order valence-corrected chi connectivity index (χ2v) is 4.60. The summed E-state index contributed by atoms with van der Waals surface area (Å²) in [6.45, 7) is 5.63. The summed E-state index contributed by atoms with van der Waals surface area (Å²) in [6.07, 6.45) is 2.35. The normalized spacial score (nSPS) is 18.0. The molecule has 0 radical (unpaired) electrons. The van der Waals surface area contributed by atoms with Crippen LogP contribution in [-0.4, -0.2) is 30.6 Å². The molecule has 0 bridgehead atoms. The van der Waals surface area contributed by atoms with E-state index in [1.165, 1.54) is 18.4 Å². The molecule has 0 aromatic heterocycles. The summed E-state index contributed by atoms with van der Waals surface area (Å²) in [5.74, 6) is 1.03. The molecule has 1 aromatic carbocycles. The van der Waals surface area contributed by atoms with Gasteiger partial charge >= 0.3 is 0 Å². The molecule has 0 aliphatic carbocycles. The molecule has 17 heavy (non-hydrogen) atoms. The van der Waals surface area contributed by atoms with E-state index in [1.807, 2.05) is 6.07 Å². The van der Waals surface area contributed by atoms with Crippen molar-refractivity contribution in [3.8, 4) is 5.75 Å². The van der Waals surface area contributed by atoms with Crippen LogP contribution in [0.3, 0.4) is 0 Å². The molecule has 2 N–H and O–H groups in total. The Balaban J connectivity index is 2.11. The van der Waals surface area contributed by atoms with Gasteiger partial charge in [-0.2, -0.15) is 0 Å². The maximum atomic E-state index is 5.88. The van der Waals surface area contributed by atoms with Crippen LogP contribution in [0, 0.1) is 0 Å². The topological polar surface area (TPSA) is 38.5 Å². The van der Waals surface area contributed by atoms with Gasteiger partial charge < -0.3 is 10.5 Å². The summed E-state index contributed by atoms with van der Waals surface area (Å²) >= 11 is 0. The molecule has 0 saturated heterocycles. The molecule has 1 aromatic rings. The molecule has 1 aliphatic heterocycles. The number of hydrogen-bond acceptors (Lipinski definition) is 3. The van der Waals surface area contributed by atoms with E-state index in [-0.39, 0.29) is 0 Å². The van der Waals surface area contributed by atoms with Crippen LogP contribution in [0.4, 0.5) is 0 Å². The van der Waals surface area contributed by atoms with Crippen LogP contribution in [0.1, 0.15) is 25.3 Å². The van der Waals surface area contributed by atoms with E-state index in [0.29, 0.717) is 6.04 Å². The third-order valence-electron chi connectivity index (χ3n) is 3.39. The Bertz CT molecular complexity index is 354. The molecule has 0 amide bonds. The molecule has 2 rings (SSSR count). The first-order valence-corrected chi connectivity index (χ1v) is 6.50. The summed E-state index contributed by atoms with van der Waals surface area (Å²) in [7, 11) is 0. The van der Waals surface area contributed by atoms with Crippen LogP contribution >= 0.6 is 0 Å². The maximum absolute atomic E-state index is 5.88. The zero-order valence-electron chi connectivity index (χ0n) is 10.6. The number of para-hydroxylation sites is 1. The van der Waals surface area contributed by atoms with Crippen LogP contribution in [0.2, 0.25) is 0 Å². The highest BCUT2D eigenvalue weighted by Gasteiger charge is 2.20. The van der Waals surface area contributed by atoms with Crippen molar-refractivity contribution in [2.24, 2.45) is 5.73 Å². The third-order valence-corrected chi connectivity index (χ3v) is 3.39. The lowest BCUT2D eigenvalue weighted by molar-refractivity contribution is 0.164. The van der Waals surface area contributed by atoms with Crippen LogP contribution < -0.4 is 10.5 Å². The predicted molar refractivity (Wildman–Crippen MR) is 70.1 cm³/mol. The molecule has 3 heteroatoms. The summed E-state index contributed by atoms with van der Waals surface area (Å²) < 4.78 is 5.77. The van der Waals surface area contributed by atoms with Crippen molar-refractivity contribution in [2.45, 2.75) is 32.4 Å². The van der Waals surface area contributed by atoms with E-state index >= 15 is 0 Å². The Hall–Kier alpha value is -1.06. The lowest BCUT2D eigenvalue weighted by Gasteiger charge is -2.28. The standard InChI is InChI=1S/C14H22N2O/c1-2-5-13(10-15)16-8-9-17-14-7-4-3-6-12(14)11-16/h3-4,6-7,13H,2,5,8-11,15H2,1H3. The van der Waals surface area contributed by atoms with Crippen molar-refractivity contribution in [3.63, 3.8) is 0 Å². The van der Waals surface area contributed by atoms with E-state index < -0.39 is 0 Å². The van der Waals surface area contributed by atoms with Gasteiger partial charge in [-0.05, 0) is 12.5 Å². The first-order valence-electron chi connectivity index (χ1n) is 6.50. The first kappa shape index (κ1) is 12.4. The van der Waals surface area contributed by atoms with Gasteiger partial charge in [-0.3, -0.25) is 4.90 Å². The van der Waals surface area contributed by atoms with Gasteiger partial charge in [-0.1, -0.05) is 31.5 Å². The second-order valence-electron chi connectivity index (χ2n) is 4.60. The minimum atomic E-state index is 0.481. The monoisotopic (exact) mass is 234 g/mol. The molecule has 1 atom stereocenters. The molecule has 0 spiro atoms. The van der Waals surface area contributed by atoms with Gasteiger partial charge in [0.25, 0.3) is 0 Å². The van der Waals surface area contributed by atoms with Crippen LogP contribution in [0.15, 0.2) is 24.3 Å². The van der Waals surface area contributed by atoms with Gasteiger partial charge in [0.05, 0.1) is 0 Å². The summed E-state index contributed by atoms with van der Waals surface area (Å²) in [5.41, 5.74) is 7.16. The van der Waals surface area contributed by atoms with Crippen molar-refractivity contribution in [3.05, 3.63) is 29.8 Å². The van der Waals surface area contributed by atoms with Gasteiger partial charge in [0, 0.05) is 31.2 Å². The zero-order chi connectivity index (χ0) is 12.1. The molecule has 94 valence electrons. The highest BCUT2D eigenvalue weighted by atomic mass is 16.5. The van der Waals surface area contributed by atoms with E-state index in [0.717, 1.165) is 32.0 Å². The van der Waals surface area contributed by atoms with E-state index in [2.05, 4.69) is 30.0 Å². The predicted octanol–water partition coefficient (Wildman–Crippen LogP) is 2.01. The van der Waals surface area contributed by atoms with Crippen LogP contribution in [0.5, 0.6) is 5.75 Å².